The molecule has 9 heteroatoms. The first kappa shape index (κ1) is 31.8. The maximum Gasteiger partial charge on any atom is 0.321 e. The summed E-state index contributed by atoms with van der Waals surface area (Å²) in [5, 5.41) is 6.93. The number of carbonyl (C=O) groups excluding carboxylic acids is 4. The second-order valence-electron chi connectivity index (χ2n) is 11.7. The standard InChI is InChI=1S/C34H43N3O6/c1-23(2)19-27(30(33(40)42-3)34(41)43-22-24-13-7-6-8-14-24)31(38)36-28-20-25-21-37(29-16-10-9-15-26(25)29)18-12-5-4-11-17-35-32(28)39/h6-10,13-16,21,23,27-28,30H,4-5,11-12,17-20,22H2,1-3H3,(H,35,39)(H,36,38)/t27-,28+,30?/m1/s1. The van der Waals surface area contributed by atoms with Gasteiger partial charge in [-0.2, -0.15) is 0 Å². The van der Waals surface area contributed by atoms with Crippen molar-refractivity contribution in [2.75, 3.05) is 13.7 Å². The third-order valence-electron chi connectivity index (χ3n) is 7.95. The summed E-state index contributed by atoms with van der Waals surface area (Å²) in [5.41, 5.74) is 2.79. The largest absolute Gasteiger partial charge is 0.468 e. The van der Waals surface area contributed by atoms with Gasteiger partial charge in [-0.3, -0.25) is 19.2 Å². The van der Waals surface area contributed by atoms with Crippen molar-refractivity contribution >= 4 is 34.7 Å². The Morgan fingerprint density at radius 2 is 1.70 bits per heavy atom. The van der Waals surface area contributed by atoms with Crippen LogP contribution in [0.15, 0.2) is 60.8 Å². The van der Waals surface area contributed by atoms with Gasteiger partial charge in [0.05, 0.1) is 13.0 Å². The molecule has 0 saturated carbocycles. The van der Waals surface area contributed by atoms with Crippen LogP contribution in [-0.2, 0) is 48.2 Å². The smallest absolute Gasteiger partial charge is 0.321 e. The Balaban J connectivity index is 1.61. The molecule has 1 aliphatic rings. The molecule has 2 bridgehead atoms. The van der Waals surface area contributed by atoms with Crippen molar-refractivity contribution in [2.45, 2.75) is 71.6 Å². The summed E-state index contributed by atoms with van der Waals surface area (Å²) >= 11 is 0. The molecular weight excluding hydrogens is 546 g/mol. The van der Waals surface area contributed by atoms with E-state index in [4.69, 9.17) is 9.47 Å². The van der Waals surface area contributed by atoms with Gasteiger partial charge in [0.1, 0.15) is 12.6 Å². The first-order chi connectivity index (χ1) is 20.8. The van der Waals surface area contributed by atoms with Crippen molar-refractivity contribution in [3.8, 4) is 0 Å². The van der Waals surface area contributed by atoms with E-state index in [1.165, 1.54) is 7.11 Å². The van der Waals surface area contributed by atoms with E-state index < -0.39 is 35.7 Å². The maximum absolute atomic E-state index is 14.0. The number of benzene rings is 2. The lowest BCUT2D eigenvalue weighted by atomic mass is 9.84. The highest BCUT2D eigenvalue weighted by atomic mass is 16.5. The lowest BCUT2D eigenvalue weighted by Crippen LogP contribution is -2.52. The van der Waals surface area contributed by atoms with Crippen molar-refractivity contribution in [1.29, 1.82) is 0 Å². The van der Waals surface area contributed by atoms with Crippen LogP contribution in [0.2, 0.25) is 0 Å². The summed E-state index contributed by atoms with van der Waals surface area (Å²) in [6.45, 7) is 5.16. The van der Waals surface area contributed by atoms with Crippen LogP contribution in [0.25, 0.3) is 10.9 Å². The summed E-state index contributed by atoms with van der Waals surface area (Å²) in [4.78, 5) is 53.8. The molecule has 2 N–H and O–H groups in total. The predicted octanol–water partition coefficient (Wildman–Crippen LogP) is 4.55. The summed E-state index contributed by atoms with van der Waals surface area (Å²) in [6, 6.07) is 16.3. The zero-order valence-corrected chi connectivity index (χ0v) is 25.3. The van der Waals surface area contributed by atoms with E-state index in [1.54, 1.807) is 12.1 Å². The number of aryl methyl sites for hydroxylation is 1. The van der Waals surface area contributed by atoms with E-state index in [2.05, 4.69) is 27.5 Å². The molecule has 0 fully saturated rings. The van der Waals surface area contributed by atoms with Crippen LogP contribution in [-0.4, -0.2) is 48.0 Å². The number of hydrogen-bond acceptors (Lipinski definition) is 6. The number of para-hydroxylation sites is 1. The van der Waals surface area contributed by atoms with Gasteiger partial charge >= 0.3 is 11.9 Å². The molecule has 4 rings (SSSR count). The van der Waals surface area contributed by atoms with E-state index in [0.29, 0.717) is 6.54 Å². The predicted molar refractivity (Wildman–Crippen MR) is 164 cm³/mol. The van der Waals surface area contributed by atoms with Crippen LogP contribution in [0, 0.1) is 17.8 Å². The topological polar surface area (TPSA) is 116 Å². The van der Waals surface area contributed by atoms with E-state index in [1.807, 2.05) is 50.2 Å². The molecule has 230 valence electrons. The molecule has 0 aliphatic carbocycles. The van der Waals surface area contributed by atoms with Gasteiger partial charge in [-0.25, -0.2) is 0 Å². The monoisotopic (exact) mass is 589 g/mol. The average molecular weight is 590 g/mol. The third kappa shape index (κ3) is 8.46. The fourth-order valence-electron chi connectivity index (χ4n) is 5.75. The maximum atomic E-state index is 14.0. The zero-order chi connectivity index (χ0) is 30.8. The van der Waals surface area contributed by atoms with Crippen molar-refractivity contribution in [1.82, 2.24) is 15.2 Å². The normalized spacial score (nSPS) is 17.5. The van der Waals surface area contributed by atoms with Crippen molar-refractivity contribution in [2.24, 2.45) is 17.8 Å². The molecular formula is C34H43N3O6. The Kier molecular flexibility index (Phi) is 11.4. The van der Waals surface area contributed by atoms with Gasteiger partial charge < -0.3 is 24.7 Å². The number of nitrogens with zero attached hydrogens (tertiary/aromatic N) is 1. The van der Waals surface area contributed by atoms with Gasteiger partial charge in [0.25, 0.3) is 0 Å². The molecule has 2 heterocycles. The van der Waals surface area contributed by atoms with Gasteiger partial charge in [-0.1, -0.05) is 75.2 Å². The van der Waals surface area contributed by atoms with Crippen LogP contribution in [0.1, 0.15) is 57.1 Å². The number of carbonyl (C=O) groups is 4. The van der Waals surface area contributed by atoms with Gasteiger partial charge in [-0.15, -0.1) is 0 Å². The molecule has 0 spiro atoms. The summed E-state index contributed by atoms with van der Waals surface area (Å²) in [6.07, 6.45) is 6.49. The lowest BCUT2D eigenvalue weighted by molar-refractivity contribution is -0.167. The summed E-state index contributed by atoms with van der Waals surface area (Å²) < 4.78 is 12.7. The third-order valence-corrected chi connectivity index (χ3v) is 7.95. The summed E-state index contributed by atoms with van der Waals surface area (Å²) in [7, 11) is 1.18. The van der Waals surface area contributed by atoms with Gasteiger partial charge in [0, 0.05) is 36.6 Å². The Bertz CT molecular complexity index is 1400. The number of fused-ring (bicyclic) bond motifs is 5. The highest BCUT2D eigenvalue weighted by molar-refractivity contribution is 6.01. The molecule has 3 atom stereocenters. The lowest BCUT2D eigenvalue weighted by Gasteiger charge is -2.27. The number of aromatic nitrogens is 1. The Hall–Kier alpha value is -4.14. The van der Waals surface area contributed by atoms with Crippen LogP contribution in [0.4, 0.5) is 0 Å². The highest BCUT2D eigenvalue weighted by Gasteiger charge is 2.42. The second-order valence-corrected chi connectivity index (χ2v) is 11.7. The molecule has 3 aromatic rings. The van der Waals surface area contributed by atoms with Gasteiger partial charge in [0.2, 0.25) is 11.8 Å². The van der Waals surface area contributed by atoms with Crippen LogP contribution in [0.5, 0.6) is 0 Å². The Labute approximate surface area is 253 Å². The average Bonchev–Trinajstić information content (AvgIpc) is 3.36. The number of ether oxygens (including phenoxy) is 2. The number of esters is 2. The van der Waals surface area contributed by atoms with Crippen LogP contribution in [0.3, 0.4) is 0 Å². The highest BCUT2D eigenvalue weighted by Crippen LogP contribution is 2.27. The molecule has 2 amide bonds. The molecule has 2 aromatic carbocycles. The molecule has 0 saturated heterocycles. The van der Waals surface area contributed by atoms with Gasteiger partial charge in [0.15, 0.2) is 5.92 Å². The van der Waals surface area contributed by atoms with Crippen molar-refractivity contribution in [3.63, 3.8) is 0 Å². The van der Waals surface area contributed by atoms with Crippen LogP contribution < -0.4 is 10.6 Å². The fourth-order valence-corrected chi connectivity index (χ4v) is 5.75. The molecule has 43 heavy (non-hydrogen) atoms. The number of nitrogens with one attached hydrogen (secondary N) is 2. The number of hydrogen-bond donors (Lipinski definition) is 2. The van der Waals surface area contributed by atoms with E-state index >= 15 is 0 Å². The first-order valence-electron chi connectivity index (χ1n) is 15.2. The van der Waals surface area contributed by atoms with Gasteiger partial charge in [-0.05, 0) is 42.4 Å². The number of methoxy groups -OCH3 is 1. The number of rotatable bonds is 9. The summed E-state index contributed by atoms with van der Waals surface area (Å²) in [5.74, 6) is -5.13. The second kappa shape index (κ2) is 15.4. The first-order valence-corrected chi connectivity index (χ1v) is 15.2. The minimum atomic E-state index is -1.48. The van der Waals surface area contributed by atoms with E-state index in [9.17, 15) is 19.2 Å². The van der Waals surface area contributed by atoms with Crippen LogP contribution >= 0.6 is 0 Å². The fraction of sp³-hybridized carbons (Fsp3) is 0.471. The quantitative estimate of drug-likeness (QED) is 0.280. The van der Waals surface area contributed by atoms with E-state index in [-0.39, 0.29) is 31.3 Å². The molecule has 0 radical (unpaired) electrons. The van der Waals surface area contributed by atoms with E-state index in [0.717, 1.165) is 54.3 Å². The zero-order valence-electron chi connectivity index (χ0n) is 25.3. The van der Waals surface area contributed by atoms with Crippen molar-refractivity contribution in [3.05, 3.63) is 71.9 Å². The Morgan fingerprint density at radius 3 is 2.44 bits per heavy atom. The molecule has 1 unspecified atom stereocenters. The molecule has 1 aromatic heterocycles. The number of amides is 2. The minimum absolute atomic E-state index is 0.0308. The molecule has 1 aliphatic heterocycles. The molecule has 9 nitrogen and oxygen atoms in total. The minimum Gasteiger partial charge on any atom is -0.468 e. The Morgan fingerprint density at radius 1 is 0.977 bits per heavy atom. The SMILES string of the molecule is COC(=O)C(C(=O)OCc1ccccc1)[C@@H](CC(C)C)C(=O)N[C@H]1Cc2cn(c3ccccc23)CCCCCCNC1=O. The van der Waals surface area contributed by atoms with Crippen molar-refractivity contribution < 1.29 is 28.7 Å².